The van der Waals surface area contributed by atoms with Crippen molar-refractivity contribution in [3.8, 4) is 0 Å². The zero-order valence-electron chi connectivity index (χ0n) is 5.75. The topological polar surface area (TPSA) is 37.3 Å². The number of aliphatic hydroxyl groups is 1. The fourth-order valence-electron chi connectivity index (χ4n) is 0.727. The second-order valence-electron chi connectivity index (χ2n) is 2.09. The molecule has 1 aromatic rings. The molecule has 0 spiro atoms. The predicted molar refractivity (Wildman–Crippen MR) is 42.9 cm³/mol. The second-order valence-corrected chi connectivity index (χ2v) is 2.52. The van der Waals surface area contributed by atoms with Crippen LogP contribution in [-0.4, -0.2) is 17.5 Å². The molecule has 1 N–H and O–H groups in total. The SMILES string of the molecule is O=C([14CH2]O)c1ccc(Cl)cc1. The van der Waals surface area contributed by atoms with E-state index in [1.807, 2.05) is 0 Å². The molecular weight excluding hydrogens is 166 g/mol. The van der Waals surface area contributed by atoms with Gasteiger partial charge in [-0.3, -0.25) is 4.79 Å². The van der Waals surface area contributed by atoms with Crippen LogP contribution in [0.2, 0.25) is 5.02 Å². The van der Waals surface area contributed by atoms with Crippen LogP contribution in [0.5, 0.6) is 0 Å². The Morgan fingerprint density at radius 2 is 1.91 bits per heavy atom. The van der Waals surface area contributed by atoms with E-state index < -0.39 is 6.61 Å². The summed E-state index contributed by atoms with van der Waals surface area (Å²) in [4.78, 5) is 10.8. The molecule has 2 nitrogen and oxygen atoms in total. The van der Waals surface area contributed by atoms with Crippen LogP contribution in [0.1, 0.15) is 10.4 Å². The summed E-state index contributed by atoms with van der Waals surface area (Å²) < 4.78 is 0. The number of hydrogen-bond donors (Lipinski definition) is 1. The molecule has 0 amide bonds. The average molecular weight is 173 g/mol. The summed E-state index contributed by atoms with van der Waals surface area (Å²) in [7, 11) is 0. The third-order valence-corrected chi connectivity index (χ3v) is 1.56. The Balaban J connectivity index is 2.90. The van der Waals surface area contributed by atoms with Crippen molar-refractivity contribution in [3.05, 3.63) is 34.9 Å². The Labute approximate surface area is 69.4 Å². The van der Waals surface area contributed by atoms with Crippen molar-refractivity contribution in [3.63, 3.8) is 0 Å². The van der Waals surface area contributed by atoms with Gasteiger partial charge in [0, 0.05) is 10.6 Å². The number of ketones is 1. The summed E-state index contributed by atoms with van der Waals surface area (Å²) in [5.41, 5.74) is 0.483. The van der Waals surface area contributed by atoms with Gasteiger partial charge in [0.15, 0.2) is 5.78 Å². The Hall–Kier alpha value is -0.860. The number of carbonyl (C=O) groups excluding carboxylic acids is 1. The van der Waals surface area contributed by atoms with Gasteiger partial charge in [0.25, 0.3) is 0 Å². The van der Waals surface area contributed by atoms with Gasteiger partial charge in [0.2, 0.25) is 0 Å². The normalized spacial score (nSPS) is 9.64. The minimum Gasteiger partial charge on any atom is -0.388 e. The minimum absolute atomic E-state index is 0.290. The van der Waals surface area contributed by atoms with Crippen molar-refractivity contribution in [2.45, 2.75) is 0 Å². The maximum atomic E-state index is 10.8. The molecule has 0 atom stereocenters. The van der Waals surface area contributed by atoms with Crippen LogP contribution in [0.3, 0.4) is 0 Å². The molecule has 0 unspecified atom stereocenters. The van der Waals surface area contributed by atoms with Crippen molar-refractivity contribution < 1.29 is 9.90 Å². The Morgan fingerprint density at radius 3 is 2.36 bits per heavy atom. The minimum atomic E-state index is -0.457. The lowest BCUT2D eigenvalue weighted by atomic mass is 10.2. The van der Waals surface area contributed by atoms with E-state index in [-0.39, 0.29) is 5.78 Å². The summed E-state index contributed by atoms with van der Waals surface area (Å²) in [6.45, 7) is -0.457. The van der Waals surface area contributed by atoms with E-state index in [1.54, 1.807) is 24.3 Å². The fourth-order valence-corrected chi connectivity index (χ4v) is 0.853. The van der Waals surface area contributed by atoms with Crippen molar-refractivity contribution in [1.82, 2.24) is 0 Å². The molecule has 0 aromatic heterocycles. The van der Waals surface area contributed by atoms with Gasteiger partial charge >= 0.3 is 0 Å². The van der Waals surface area contributed by atoms with E-state index >= 15 is 0 Å². The van der Waals surface area contributed by atoms with Crippen LogP contribution >= 0.6 is 11.6 Å². The highest BCUT2D eigenvalue weighted by Crippen LogP contribution is 2.09. The van der Waals surface area contributed by atoms with Gasteiger partial charge < -0.3 is 5.11 Å². The fraction of sp³-hybridized carbons (Fsp3) is 0.125. The van der Waals surface area contributed by atoms with Gasteiger partial charge in [-0.25, -0.2) is 0 Å². The first-order chi connectivity index (χ1) is 5.24. The molecule has 1 aromatic carbocycles. The first kappa shape index (κ1) is 8.24. The van der Waals surface area contributed by atoms with Crippen LogP contribution in [0.15, 0.2) is 24.3 Å². The van der Waals surface area contributed by atoms with E-state index in [4.69, 9.17) is 16.7 Å². The standard InChI is InChI=1S/C8H7ClO2/c9-7-3-1-6(2-4-7)8(11)5-10/h1-4,10H,5H2/i5+2. The van der Waals surface area contributed by atoms with Crippen LogP contribution in [0.25, 0.3) is 0 Å². The number of carbonyl (C=O) groups is 1. The second kappa shape index (κ2) is 3.51. The zero-order chi connectivity index (χ0) is 8.27. The van der Waals surface area contributed by atoms with Gasteiger partial charge in [-0.15, -0.1) is 0 Å². The molecule has 0 saturated carbocycles. The van der Waals surface area contributed by atoms with Crippen LogP contribution < -0.4 is 0 Å². The molecular formula is C8H7ClO2. The van der Waals surface area contributed by atoms with E-state index in [0.29, 0.717) is 10.6 Å². The number of aliphatic hydroxyl groups excluding tert-OH is 1. The van der Waals surface area contributed by atoms with E-state index in [2.05, 4.69) is 0 Å². The number of rotatable bonds is 2. The predicted octanol–water partition coefficient (Wildman–Crippen LogP) is 1.51. The summed E-state index contributed by atoms with van der Waals surface area (Å²) in [5, 5.41) is 9.06. The number of hydrogen-bond acceptors (Lipinski definition) is 2. The first-order valence-electron chi connectivity index (χ1n) is 3.13. The smallest absolute Gasteiger partial charge is 0.188 e. The molecule has 0 fully saturated rings. The van der Waals surface area contributed by atoms with Gasteiger partial charge in [0.05, 0.1) is 0 Å². The maximum absolute atomic E-state index is 10.8. The molecule has 0 saturated heterocycles. The van der Waals surface area contributed by atoms with Crippen molar-refractivity contribution in [2.75, 3.05) is 6.61 Å². The maximum Gasteiger partial charge on any atom is 0.188 e. The summed E-state index contributed by atoms with van der Waals surface area (Å²) in [5.74, 6) is -0.290. The third-order valence-electron chi connectivity index (χ3n) is 1.31. The lowest BCUT2D eigenvalue weighted by Gasteiger charge is -1.95. The summed E-state index contributed by atoms with van der Waals surface area (Å²) in [6.07, 6.45) is 0. The molecule has 0 bridgehead atoms. The Morgan fingerprint density at radius 1 is 1.36 bits per heavy atom. The first-order valence-corrected chi connectivity index (χ1v) is 3.51. The number of benzene rings is 1. The number of halogens is 1. The highest BCUT2D eigenvalue weighted by atomic mass is 35.5. The lowest BCUT2D eigenvalue weighted by Crippen LogP contribution is -2.03. The molecule has 58 valence electrons. The quantitative estimate of drug-likeness (QED) is 0.687. The van der Waals surface area contributed by atoms with E-state index in [0.717, 1.165) is 0 Å². The molecule has 3 heteroatoms. The van der Waals surface area contributed by atoms with Crippen molar-refractivity contribution in [1.29, 1.82) is 0 Å². The molecule has 11 heavy (non-hydrogen) atoms. The largest absolute Gasteiger partial charge is 0.388 e. The average Bonchev–Trinajstić information content (AvgIpc) is 2.05. The molecule has 0 heterocycles. The summed E-state index contributed by atoms with van der Waals surface area (Å²) in [6, 6.07) is 6.40. The van der Waals surface area contributed by atoms with Crippen molar-refractivity contribution >= 4 is 17.4 Å². The third kappa shape index (κ3) is 2.03. The van der Waals surface area contributed by atoms with Gasteiger partial charge in [-0.05, 0) is 24.3 Å². The Bertz CT molecular complexity index is 253. The number of Topliss-reactive ketones (excluding diaryl/α,β-unsaturated/α-hetero) is 1. The zero-order valence-corrected chi connectivity index (χ0v) is 6.51. The van der Waals surface area contributed by atoms with Gasteiger partial charge in [-0.1, -0.05) is 11.6 Å². The lowest BCUT2D eigenvalue weighted by molar-refractivity contribution is 0.0904. The molecule has 0 aliphatic rings. The molecule has 1 rings (SSSR count). The Kier molecular flexibility index (Phi) is 2.63. The van der Waals surface area contributed by atoms with Crippen LogP contribution in [0, 0.1) is 0 Å². The molecule has 0 aliphatic heterocycles. The van der Waals surface area contributed by atoms with Gasteiger partial charge in [0.1, 0.15) is 6.61 Å². The van der Waals surface area contributed by atoms with Gasteiger partial charge in [-0.2, -0.15) is 0 Å². The van der Waals surface area contributed by atoms with E-state index in [9.17, 15) is 4.79 Å². The highest BCUT2D eigenvalue weighted by Gasteiger charge is 2.01. The summed E-state index contributed by atoms with van der Waals surface area (Å²) >= 11 is 5.59. The highest BCUT2D eigenvalue weighted by molar-refractivity contribution is 6.30. The van der Waals surface area contributed by atoms with Crippen LogP contribution in [-0.2, 0) is 0 Å². The van der Waals surface area contributed by atoms with Crippen LogP contribution in [0.4, 0.5) is 0 Å². The molecule has 0 radical (unpaired) electrons. The molecule has 0 aliphatic carbocycles. The van der Waals surface area contributed by atoms with Crippen molar-refractivity contribution in [2.24, 2.45) is 0 Å². The van der Waals surface area contributed by atoms with E-state index in [1.165, 1.54) is 0 Å². The monoisotopic (exact) mass is 172 g/mol.